The molecule has 2 rings (SSSR count). The van der Waals surface area contributed by atoms with Crippen LogP contribution in [0, 0.1) is 5.92 Å². The second kappa shape index (κ2) is 7.65. The molecule has 0 radical (unpaired) electrons. The molecule has 0 spiro atoms. The van der Waals surface area contributed by atoms with Gasteiger partial charge < -0.3 is 15.0 Å². The van der Waals surface area contributed by atoms with Crippen molar-refractivity contribution in [3.8, 4) is 0 Å². The van der Waals surface area contributed by atoms with Gasteiger partial charge in [0.05, 0.1) is 12.5 Å². The molecule has 1 saturated heterocycles. The van der Waals surface area contributed by atoms with Crippen molar-refractivity contribution >= 4 is 17.5 Å². The van der Waals surface area contributed by atoms with E-state index in [1.165, 1.54) is 0 Å². The van der Waals surface area contributed by atoms with Crippen molar-refractivity contribution in [1.82, 2.24) is 4.90 Å². The molecule has 5 nitrogen and oxygen atoms in total. The molecular weight excluding hydrogens is 325 g/mol. The number of halogens is 3. The Bertz CT molecular complexity index is 604. The fraction of sp³-hybridized carbons (Fsp3) is 0.500. The third-order valence-electron chi connectivity index (χ3n) is 3.62. The van der Waals surface area contributed by atoms with E-state index in [1.807, 2.05) is 13.0 Å². The molecule has 8 heteroatoms. The number of rotatable bonds is 6. The van der Waals surface area contributed by atoms with E-state index in [0.29, 0.717) is 23.8 Å². The SMILES string of the molecule is CCOCc1cccc(NC(=O)C2CC(=O)N(CC(F)(F)F)C2)c1. The Labute approximate surface area is 137 Å². The summed E-state index contributed by atoms with van der Waals surface area (Å²) >= 11 is 0. The molecule has 1 aromatic carbocycles. The van der Waals surface area contributed by atoms with Crippen LogP contribution < -0.4 is 5.32 Å². The molecule has 1 unspecified atom stereocenters. The lowest BCUT2D eigenvalue weighted by atomic mass is 10.1. The molecule has 1 aliphatic rings. The first kappa shape index (κ1) is 18.3. The predicted octanol–water partition coefficient (Wildman–Crippen LogP) is 2.57. The summed E-state index contributed by atoms with van der Waals surface area (Å²) in [6, 6.07) is 7.00. The number of anilines is 1. The zero-order valence-electron chi connectivity index (χ0n) is 13.2. The normalized spacial score (nSPS) is 18.1. The first-order valence-electron chi connectivity index (χ1n) is 7.60. The molecule has 1 atom stereocenters. The van der Waals surface area contributed by atoms with Crippen LogP contribution in [0.2, 0.25) is 0 Å². The number of amides is 2. The second-order valence-electron chi connectivity index (χ2n) is 5.62. The van der Waals surface area contributed by atoms with Gasteiger partial charge in [0.15, 0.2) is 0 Å². The summed E-state index contributed by atoms with van der Waals surface area (Å²) in [5, 5.41) is 2.65. The number of carbonyl (C=O) groups is 2. The number of alkyl halides is 3. The number of nitrogens with zero attached hydrogens (tertiary/aromatic N) is 1. The van der Waals surface area contributed by atoms with Crippen molar-refractivity contribution in [2.45, 2.75) is 26.1 Å². The molecule has 1 fully saturated rings. The van der Waals surface area contributed by atoms with Crippen LogP contribution in [-0.2, 0) is 20.9 Å². The van der Waals surface area contributed by atoms with Gasteiger partial charge in [0.25, 0.3) is 0 Å². The fourth-order valence-corrected chi connectivity index (χ4v) is 2.52. The van der Waals surface area contributed by atoms with Crippen LogP contribution in [0.15, 0.2) is 24.3 Å². The highest BCUT2D eigenvalue weighted by Crippen LogP contribution is 2.25. The van der Waals surface area contributed by atoms with Gasteiger partial charge in [0.2, 0.25) is 11.8 Å². The minimum Gasteiger partial charge on any atom is -0.377 e. The number of hydrogen-bond donors (Lipinski definition) is 1. The number of nitrogens with one attached hydrogen (secondary N) is 1. The first-order chi connectivity index (χ1) is 11.3. The van der Waals surface area contributed by atoms with E-state index in [9.17, 15) is 22.8 Å². The third-order valence-corrected chi connectivity index (χ3v) is 3.62. The van der Waals surface area contributed by atoms with E-state index in [-0.39, 0.29) is 13.0 Å². The van der Waals surface area contributed by atoms with Crippen molar-refractivity contribution in [2.24, 2.45) is 5.92 Å². The Kier molecular flexibility index (Phi) is 5.82. The zero-order valence-corrected chi connectivity index (χ0v) is 13.2. The molecule has 0 bridgehead atoms. The van der Waals surface area contributed by atoms with Gasteiger partial charge in [-0.2, -0.15) is 13.2 Å². The molecule has 0 saturated carbocycles. The smallest absolute Gasteiger partial charge is 0.377 e. The summed E-state index contributed by atoms with van der Waals surface area (Å²) in [6.07, 6.45) is -4.67. The first-order valence-corrected chi connectivity index (χ1v) is 7.60. The van der Waals surface area contributed by atoms with Gasteiger partial charge in [-0.1, -0.05) is 12.1 Å². The van der Waals surface area contributed by atoms with E-state index < -0.39 is 30.5 Å². The summed E-state index contributed by atoms with van der Waals surface area (Å²) in [5.74, 6) is -1.89. The van der Waals surface area contributed by atoms with Gasteiger partial charge >= 0.3 is 6.18 Å². The summed E-state index contributed by atoms with van der Waals surface area (Å²) in [4.78, 5) is 24.5. The fourth-order valence-electron chi connectivity index (χ4n) is 2.52. The van der Waals surface area contributed by atoms with E-state index in [2.05, 4.69) is 5.32 Å². The molecule has 2 amide bonds. The van der Waals surface area contributed by atoms with E-state index in [0.717, 1.165) is 5.56 Å². The van der Waals surface area contributed by atoms with Gasteiger partial charge in [0, 0.05) is 25.3 Å². The minimum absolute atomic E-state index is 0.208. The molecule has 1 N–H and O–H groups in total. The van der Waals surface area contributed by atoms with Crippen molar-refractivity contribution in [2.75, 3.05) is 25.0 Å². The lowest BCUT2D eigenvalue weighted by Gasteiger charge is -2.18. The second-order valence-corrected chi connectivity index (χ2v) is 5.62. The Morgan fingerprint density at radius 2 is 2.17 bits per heavy atom. The Balaban J connectivity index is 1.94. The highest BCUT2D eigenvalue weighted by molar-refractivity contribution is 5.97. The molecule has 0 aromatic heterocycles. The van der Waals surface area contributed by atoms with Gasteiger partial charge in [-0.25, -0.2) is 0 Å². The Morgan fingerprint density at radius 3 is 2.83 bits per heavy atom. The average Bonchev–Trinajstić information content (AvgIpc) is 2.85. The van der Waals surface area contributed by atoms with Crippen LogP contribution in [-0.4, -0.2) is 42.6 Å². The molecule has 132 valence electrons. The summed E-state index contributed by atoms with van der Waals surface area (Å²) in [6.45, 7) is 1.30. The van der Waals surface area contributed by atoms with Crippen LogP contribution in [0.3, 0.4) is 0 Å². The number of likely N-dealkylation sites (tertiary alicyclic amines) is 1. The minimum atomic E-state index is -4.46. The van der Waals surface area contributed by atoms with Crippen LogP contribution >= 0.6 is 0 Å². The van der Waals surface area contributed by atoms with Gasteiger partial charge in [-0.05, 0) is 24.6 Å². The summed E-state index contributed by atoms with van der Waals surface area (Å²) in [5.41, 5.74) is 1.40. The maximum absolute atomic E-state index is 12.4. The van der Waals surface area contributed by atoms with Crippen LogP contribution in [0.1, 0.15) is 18.9 Å². The van der Waals surface area contributed by atoms with Crippen LogP contribution in [0.5, 0.6) is 0 Å². The van der Waals surface area contributed by atoms with E-state index in [4.69, 9.17) is 4.74 Å². The molecule has 0 aliphatic carbocycles. The third kappa shape index (κ3) is 5.23. The topological polar surface area (TPSA) is 58.6 Å². The van der Waals surface area contributed by atoms with E-state index >= 15 is 0 Å². The van der Waals surface area contributed by atoms with Crippen molar-refractivity contribution in [3.05, 3.63) is 29.8 Å². The molecule has 1 aromatic rings. The highest BCUT2D eigenvalue weighted by atomic mass is 19.4. The van der Waals surface area contributed by atoms with Gasteiger partial charge in [0.1, 0.15) is 6.54 Å². The van der Waals surface area contributed by atoms with Gasteiger partial charge in [-0.15, -0.1) is 0 Å². The zero-order chi connectivity index (χ0) is 17.7. The maximum atomic E-state index is 12.4. The average molecular weight is 344 g/mol. The van der Waals surface area contributed by atoms with Crippen LogP contribution in [0.4, 0.5) is 18.9 Å². The summed E-state index contributed by atoms with van der Waals surface area (Å²) in [7, 11) is 0. The number of ether oxygens (including phenoxy) is 1. The maximum Gasteiger partial charge on any atom is 0.406 e. The lowest BCUT2D eigenvalue weighted by Crippen LogP contribution is -2.36. The monoisotopic (exact) mass is 344 g/mol. The van der Waals surface area contributed by atoms with Crippen molar-refractivity contribution < 1.29 is 27.5 Å². The highest BCUT2D eigenvalue weighted by Gasteiger charge is 2.40. The predicted molar refractivity (Wildman–Crippen MR) is 81.1 cm³/mol. The molecule has 24 heavy (non-hydrogen) atoms. The standard InChI is InChI=1S/C16H19F3N2O3/c1-2-24-9-11-4-3-5-13(6-11)20-15(23)12-7-14(22)21(8-12)10-16(17,18)19/h3-6,12H,2,7-10H2,1H3,(H,20,23). The molecule has 1 heterocycles. The number of benzene rings is 1. The van der Waals surface area contributed by atoms with Crippen molar-refractivity contribution in [1.29, 1.82) is 0 Å². The lowest BCUT2D eigenvalue weighted by molar-refractivity contribution is -0.157. The number of carbonyl (C=O) groups excluding carboxylic acids is 2. The molecule has 1 aliphatic heterocycles. The number of hydrogen-bond acceptors (Lipinski definition) is 3. The van der Waals surface area contributed by atoms with Crippen molar-refractivity contribution in [3.63, 3.8) is 0 Å². The van der Waals surface area contributed by atoms with E-state index in [1.54, 1.807) is 18.2 Å². The molecular formula is C16H19F3N2O3. The quantitative estimate of drug-likeness (QED) is 0.863. The largest absolute Gasteiger partial charge is 0.406 e. The Hall–Kier alpha value is -2.09. The Morgan fingerprint density at radius 1 is 1.42 bits per heavy atom. The summed E-state index contributed by atoms with van der Waals surface area (Å²) < 4.78 is 42.5. The van der Waals surface area contributed by atoms with Gasteiger partial charge in [-0.3, -0.25) is 9.59 Å². The van der Waals surface area contributed by atoms with Crippen LogP contribution in [0.25, 0.3) is 0 Å².